The molecule has 0 aliphatic heterocycles. The molecule has 13 heavy (non-hydrogen) atoms. The van der Waals surface area contributed by atoms with Gasteiger partial charge in [-0.25, -0.2) is 4.79 Å². The molecule has 2 aromatic heterocycles. The molecule has 2 N–H and O–H groups in total. The summed E-state index contributed by atoms with van der Waals surface area (Å²) in [4.78, 5) is 14.2. The van der Waals surface area contributed by atoms with Gasteiger partial charge in [0.2, 0.25) is 0 Å². The highest BCUT2D eigenvalue weighted by molar-refractivity contribution is 5.97. The van der Waals surface area contributed by atoms with E-state index in [0.717, 1.165) is 0 Å². The Morgan fingerprint density at radius 2 is 2.31 bits per heavy atom. The highest BCUT2D eigenvalue weighted by Gasteiger charge is 2.18. The van der Waals surface area contributed by atoms with Crippen LogP contribution in [0.4, 0.5) is 0 Å². The van der Waals surface area contributed by atoms with E-state index in [1.54, 1.807) is 0 Å². The van der Waals surface area contributed by atoms with Crippen molar-refractivity contribution in [3.8, 4) is 5.75 Å². The van der Waals surface area contributed by atoms with E-state index in [0.29, 0.717) is 5.39 Å². The topological polar surface area (TPSA) is 83.6 Å². The van der Waals surface area contributed by atoms with E-state index in [1.807, 2.05) is 0 Å². The Kier molecular flexibility index (Phi) is 1.45. The van der Waals surface area contributed by atoms with Gasteiger partial charge in [-0.2, -0.15) is 0 Å². The van der Waals surface area contributed by atoms with Crippen molar-refractivity contribution in [3.63, 3.8) is 0 Å². The number of carboxylic acids is 1. The smallest absolute Gasteiger partial charge is 0.375 e. The van der Waals surface area contributed by atoms with Gasteiger partial charge in [0.05, 0.1) is 11.6 Å². The van der Waals surface area contributed by atoms with Crippen molar-refractivity contribution in [2.24, 2.45) is 0 Å². The van der Waals surface area contributed by atoms with Gasteiger partial charge in [-0.1, -0.05) is 0 Å². The number of furan rings is 1. The zero-order valence-corrected chi connectivity index (χ0v) is 6.39. The lowest BCUT2D eigenvalue weighted by molar-refractivity contribution is 0.0660. The predicted octanol–water partition coefficient (Wildman–Crippen LogP) is 1.23. The Morgan fingerprint density at radius 3 is 2.92 bits per heavy atom. The molecule has 2 rings (SSSR count). The van der Waals surface area contributed by atoms with Gasteiger partial charge >= 0.3 is 5.97 Å². The quantitative estimate of drug-likeness (QED) is 0.687. The minimum absolute atomic E-state index is 0.261. The number of carbonyl (C=O) groups is 1. The predicted molar refractivity (Wildman–Crippen MR) is 42.6 cm³/mol. The van der Waals surface area contributed by atoms with E-state index in [1.165, 1.54) is 18.5 Å². The maximum Gasteiger partial charge on any atom is 0.375 e. The molecule has 0 aromatic carbocycles. The molecule has 0 aliphatic carbocycles. The summed E-state index contributed by atoms with van der Waals surface area (Å²) in [7, 11) is 0. The summed E-state index contributed by atoms with van der Waals surface area (Å²) in [6.45, 7) is 0. The van der Waals surface area contributed by atoms with E-state index >= 15 is 0 Å². The SMILES string of the molecule is O=C(O)c1oc2cnccc2c1O. The molecule has 0 unspecified atom stereocenters. The van der Waals surface area contributed by atoms with E-state index in [4.69, 9.17) is 9.52 Å². The summed E-state index contributed by atoms with van der Waals surface area (Å²) in [5.41, 5.74) is 0.261. The highest BCUT2D eigenvalue weighted by atomic mass is 16.4. The fraction of sp³-hybridized carbons (Fsp3) is 0. The third-order valence-electron chi connectivity index (χ3n) is 1.66. The average Bonchev–Trinajstić information content (AvgIpc) is 2.45. The molecule has 5 nitrogen and oxygen atoms in total. The Bertz CT molecular complexity index is 474. The summed E-state index contributed by atoms with van der Waals surface area (Å²) in [5, 5.41) is 18.3. The Balaban J connectivity index is 2.81. The van der Waals surface area contributed by atoms with Crippen molar-refractivity contribution < 1.29 is 19.4 Å². The second-order valence-electron chi connectivity index (χ2n) is 2.46. The van der Waals surface area contributed by atoms with Gasteiger partial charge < -0.3 is 14.6 Å². The monoisotopic (exact) mass is 179 g/mol. The Labute approximate surface area is 72.2 Å². The van der Waals surface area contributed by atoms with Crippen LogP contribution in [0.2, 0.25) is 0 Å². The Morgan fingerprint density at radius 1 is 1.54 bits per heavy atom. The van der Waals surface area contributed by atoms with Gasteiger partial charge in [0.1, 0.15) is 0 Å². The maximum atomic E-state index is 10.5. The second kappa shape index (κ2) is 2.48. The summed E-state index contributed by atoms with van der Waals surface area (Å²) >= 11 is 0. The Hall–Kier alpha value is -2.04. The molecule has 0 saturated carbocycles. The van der Waals surface area contributed by atoms with Gasteiger partial charge in [-0.15, -0.1) is 0 Å². The molecule has 2 aromatic rings. The molecule has 0 fully saturated rings. The maximum absolute atomic E-state index is 10.5. The number of carboxylic acid groups (broad SMARTS) is 1. The number of fused-ring (bicyclic) bond motifs is 1. The molecular weight excluding hydrogens is 174 g/mol. The lowest BCUT2D eigenvalue weighted by Gasteiger charge is -1.86. The van der Waals surface area contributed by atoms with Crippen LogP contribution < -0.4 is 0 Å². The lowest BCUT2D eigenvalue weighted by atomic mass is 10.3. The van der Waals surface area contributed by atoms with E-state index in [9.17, 15) is 9.90 Å². The van der Waals surface area contributed by atoms with Crippen molar-refractivity contribution in [2.45, 2.75) is 0 Å². The van der Waals surface area contributed by atoms with Crippen LogP contribution in [-0.4, -0.2) is 21.2 Å². The molecule has 2 heterocycles. The van der Waals surface area contributed by atoms with Crippen molar-refractivity contribution in [3.05, 3.63) is 24.2 Å². The zero-order chi connectivity index (χ0) is 9.42. The molecule has 0 saturated heterocycles. The summed E-state index contributed by atoms with van der Waals surface area (Å²) in [6.07, 6.45) is 2.80. The number of pyridine rings is 1. The molecular formula is C8H5NO4. The van der Waals surface area contributed by atoms with Crippen LogP contribution in [0.15, 0.2) is 22.9 Å². The van der Waals surface area contributed by atoms with E-state index in [-0.39, 0.29) is 11.3 Å². The molecule has 0 spiro atoms. The number of aromatic hydroxyl groups is 1. The van der Waals surface area contributed by atoms with Crippen LogP contribution in [0, 0.1) is 0 Å². The first-order valence-corrected chi connectivity index (χ1v) is 3.49. The third kappa shape index (κ3) is 1.01. The number of hydrogen-bond acceptors (Lipinski definition) is 4. The van der Waals surface area contributed by atoms with Crippen LogP contribution >= 0.6 is 0 Å². The summed E-state index contributed by atoms with van der Waals surface area (Å²) < 4.78 is 4.85. The van der Waals surface area contributed by atoms with Gasteiger partial charge in [-0.05, 0) is 6.07 Å². The van der Waals surface area contributed by atoms with Crippen LogP contribution in [0.1, 0.15) is 10.6 Å². The van der Waals surface area contributed by atoms with Crippen LogP contribution in [0.3, 0.4) is 0 Å². The number of nitrogens with zero attached hydrogens (tertiary/aromatic N) is 1. The largest absolute Gasteiger partial charge is 0.504 e. The zero-order valence-electron chi connectivity index (χ0n) is 6.39. The standard InChI is InChI=1S/C8H5NO4/c10-6-4-1-2-9-3-5(4)13-7(6)8(11)12/h1-3,10H,(H,11,12). The summed E-state index contributed by atoms with van der Waals surface area (Å²) in [6, 6.07) is 1.49. The van der Waals surface area contributed by atoms with Crippen molar-refractivity contribution in [2.75, 3.05) is 0 Å². The van der Waals surface area contributed by atoms with Gasteiger partial charge in [-0.3, -0.25) is 4.98 Å². The summed E-state index contributed by atoms with van der Waals surface area (Å²) in [5.74, 6) is -2.11. The minimum Gasteiger partial charge on any atom is -0.504 e. The first kappa shape index (κ1) is 7.60. The van der Waals surface area contributed by atoms with Crippen molar-refractivity contribution in [1.29, 1.82) is 0 Å². The highest BCUT2D eigenvalue weighted by Crippen LogP contribution is 2.30. The fourth-order valence-electron chi connectivity index (χ4n) is 1.08. The number of aromatic nitrogens is 1. The first-order chi connectivity index (χ1) is 6.20. The van der Waals surface area contributed by atoms with E-state index < -0.39 is 11.7 Å². The third-order valence-corrected chi connectivity index (χ3v) is 1.66. The minimum atomic E-state index is -1.30. The fourth-order valence-corrected chi connectivity index (χ4v) is 1.08. The van der Waals surface area contributed by atoms with Gasteiger partial charge in [0.15, 0.2) is 11.3 Å². The van der Waals surface area contributed by atoms with Crippen LogP contribution in [-0.2, 0) is 0 Å². The molecule has 0 atom stereocenters. The van der Waals surface area contributed by atoms with Gasteiger partial charge in [0.25, 0.3) is 5.76 Å². The lowest BCUT2D eigenvalue weighted by Crippen LogP contribution is -1.92. The molecule has 5 heteroatoms. The number of aromatic carboxylic acids is 1. The molecule has 66 valence electrons. The van der Waals surface area contributed by atoms with Gasteiger partial charge in [0, 0.05) is 6.20 Å². The number of hydrogen-bond donors (Lipinski definition) is 2. The first-order valence-electron chi connectivity index (χ1n) is 3.49. The van der Waals surface area contributed by atoms with Crippen molar-refractivity contribution in [1.82, 2.24) is 4.98 Å². The number of rotatable bonds is 1. The molecule has 0 radical (unpaired) electrons. The molecule has 0 aliphatic rings. The van der Waals surface area contributed by atoms with E-state index in [2.05, 4.69) is 4.98 Å². The average molecular weight is 179 g/mol. The van der Waals surface area contributed by atoms with Crippen molar-refractivity contribution >= 4 is 16.9 Å². The molecule has 0 amide bonds. The molecule has 0 bridgehead atoms. The van der Waals surface area contributed by atoms with Crippen LogP contribution in [0.25, 0.3) is 11.0 Å². The normalized spacial score (nSPS) is 10.5. The second-order valence-corrected chi connectivity index (χ2v) is 2.46. The van der Waals surface area contributed by atoms with Crippen LogP contribution in [0.5, 0.6) is 5.75 Å².